The topological polar surface area (TPSA) is 58.9 Å². The van der Waals surface area contributed by atoms with Gasteiger partial charge in [-0.3, -0.25) is 0 Å². The second kappa shape index (κ2) is 4.50. The Bertz CT molecular complexity index is 371. The maximum absolute atomic E-state index is 9.67. The van der Waals surface area contributed by atoms with E-state index in [0.29, 0.717) is 11.4 Å². The van der Waals surface area contributed by atoms with Gasteiger partial charge in [0.1, 0.15) is 17.8 Å². The lowest BCUT2D eigenvalue weighted by molar-refractivity contribution is 0.505. The molecule has 0 aliphatic heterocycles. The van der Waals surface area contributed by atoms with E-state index in [-0.39, 0.29) is 5.76 Å². The van der Waals surface area contributed by atoms with Gasteiger partial charge in [-0.05, 0) is 19.4 Å². The molecule has 0 aliphatic rings. The van der Waals surface area contributed by atoms with Crippen LogP contribution in [0.3, 0.4) is 0 Å². The molecule has 0 fully saturated rings. The van der Waals surface area contributed by atoms with Crippen LogP contribution in [0.4, 0.5) is 0 Å². The van der Waals surface area contributed by atoms with Gasteiger partial charge < -0.3 is 5.11 Å². The molecule has 1 aromatic heterocycles. The first-order valence-electron chi connectivity index (χ1n) is 4.38. The van der Waals surface area contributed by atoms with Gasteiger partial charge in [0.05, 0.1) is 5.69 Å². The van der Waals surface area contributed by atoms with E-state index in [1.54, 1.807) is 13.0 Å². The van der Waals surface area contributed by atoms with E-state index in [0.717, 1.165) is 12.0 Å². The molecule has 0 spiro atoms. The Morgan fingerprint density at radius 3 is 2.93 bits per heavy atom. The van der Waals surface area contributed by atoms with Crippen molar-refractivity contribution in [2.45, 2.75) is 20.3 Å². The second-order valence-electron chi connectivity index (χ2n) is 2.94. The van der Waals surface area contributed by atoms with Crippen LogP contribution < -0.4 is 0 Å². The highest BCUT2D eigenvalue weighted by molar-refractivity contribution is 5.59. The Hall–Kier alpha value is -1.71. The second-order valence-corrected chi connectivity index (χ2v) is 2.94. The monoisotopic (exact) mass is 191 g/mol. The lowest BCUT2D eigenvalue weighted by Crippen LogP contribution is -1.98. The van der Waals surface area contributed by atoms with Crippen molar-refractivity contribution in [3.8, 4) is 0 Å². The molecule has 0 saturated heterocycles. The molecule has 0 unspecified atom stereocenters. The predicted octanol–water partition coefficient (Wildman–Crippen LogP) is 2.05. The first-order chi connectivity index (χ1) is 6.65. The van der Waals surface area contributed by atoms with Gasteiger partial charge in [0.15, 0.2) is 0 Å². The lowest BCUT2D eigenvalue weighted by atomic mass is 10.2. The number of hydrogen-bond donors (Lipinski definition) is 1. The molecule has 1 rings (SSSR count). The molecule has 0 atom stereocenters. The summed E-state index contributed by atoms with van der Waals surface area (Å²) in [7, 11) is 0. The molecule has 0 saturated carbocycles. The minimum atomic E-state index is 0.0873. The van der Waals surface area contributed by atoms with Gasteiger partial charge in [-0.2, -0.15) is 5.10 Å². The van der Waals surface area contributed by atoms with Crippen LogP contribution >= 0.6 is 0 Å². The molecule has 0 radical (unpaired) electrons. The van der Waals surface area contributed by atoms with Gasteiger partial charge in [-0.1, -0.05) is 19.1 Å². The zero-order valence-corrected chi connectivity index (χ0v) is 8.36. The molecule has 4 nitrogen and oxygen atoms in total. The molecular weight excluding hydrogens is 178 g/mol. The van der Waals surface area contributed by atoms with E-state index < -0.39 is 0 Å². The quantitative estimate of drug-likeness (QED) is 0.586. The maximum Gasteiger partial charge on any atom is 0.143 e. The number of aryl methyl sites for hydroxylation is 1. The zero-order valence-electron chi connectivity index (χ0n) is 8.36. The van der Waals surface area contributed by atoms with Crippen molar-refractivity contribution in [3.05, 3.63) is 35.9 Å². The molecule has 1 heterocycles. The normalized spacial score (nSPS) is 11.4. The van der Waals surface area contributed by atoms with Crippen LogP contribution in [0.1, 0.15) is 24.7 Å². The highest BCUT2D eigenvalue weighted by Crippen LogP contribution is 2.13. The van der Waals surface area contributed by atoms with Crippen LogP contribution in [0.2, 0.25) is 0 Å². The van der Waals surface area contributed by atoms with E-state index in [1.807, 2.05) is 6.92 Å². The summed E-state index contributed by atoms with van der Waals surface area (Å²) in [6.45, 7) is 7.48. The SMILES string of the molecule is C=C(C=C(O)c1ncnnc1C)CC. The molecule has 0 aromatic carbocycles. The number of allylic oxidation sites excluding steroid dienone is 2. The minimum absolute atomic E-state index is 0.0873. The predicted molar refractivity (Wildman–Crippen MR) is 54.6 cm³/mol. The molecule has 0 aliphatic carbocycles. The summed E-state index contributed by atoms with van der Waals surface area (Å²) in [6.07, 6.45) is 3.69. The summed E-state index contributed by atoms with van der Waals surface area (Å²) >= 11 is 0. The third kappa shape index (κ3) is 2.39. The van der Waals surface area contributed by atoms with Crippen molar-refractivity contribution in [1.29, 1.82) is 0 Å². The summed E-state index contributed by atoms with van der Waals surface area (Å²) in [5.74, 6) is 0.0873. The summed E-state index contributed by atoms with van der Waals surface area (Å²) in [5.41, 5.74) is 1.90. The summed E-state index contributed by atoms with van der Waals surface area (Å²) in [5, 5.41) is 17.1. The first kappa shape index (κ1) is 10.4. The molecular formula is C10H13N3O. The lowest BCUT2D eigenvalue weighted by Gasteiger charge is -2.01. The molecule has 0 bridgehead atoms. The molecule has 0 amide bonds. The fourth-order valence-corrected chi connectivity index (χ4v) is 0.952. The summed E-state index contributed by atoms with van der Waals surface area (Å²) < 4.78 is 0. The zero-order chi connectivity index (χ0) is 10.6. The number of aromatic nitrogens is 3. The van der Waals surface area contributed by atoms with Crippen LogP contribution in [-0.2, 0) is 0 Å². The first-order valence-corrected chi connectivity index (χ1v) is 4.38. The van der Waals surface area contributed by atoms with Crippen molar-refractivity contribution in [2.24, 2.45) is 0 Å². The van der Waals surface area contributed by atoms with E-state index in [1.165, 1.54) is 6.33 Å². The third-order valence-corrected chi connectivity index (χ3v) is 1.83. The average molecular weight is 191 g/mol. The van der Waals surface area contributed by atoms with Crippen LogP contribution in [0.15, 0.2) is 24.6 Å². The highest BCUT2D eigenvalue weighted by Gasteiger charge is 2.05. The molecule has 4 heteroatoms. The van der Waals surface area contributed by atoms with Crippen LogP contribution in [0.5, 0.6) is 0 Å². The smallest absolute Gasteiger partial charge is 0.143 e. The van der Waals surface area contributed by atoms with Crippen molar-refractivity contribution in [3.63, 3.8) is 0 Å². The van der Waals surface area contributed by atoms with Gasteiger partial charge in [0, 0.05) is 0 Å². The molecule has 1 N–H and O–H groups in total. The van der Waals surface area contributed by atoms with Crippen molar-refractivity contribution < 1.29 is 5.11 Å². The summed E-state index contributed by atoms with van der Waals surface area (Å²) in [4.78, 5) is 3.93. The van der Waals surface area contributed by atoms with Crippen LogP contribution in [-0.4, -0.2) is 20.3 Å². The molecule has 1 aromatic rings. The van der Waals surface area contributed by atoms with Gasteiger partial charge in [0.2, 0.25) is 0 Å². The van der Waals surface area contributed by atoms with E-state index in [4.69, 9.17) is 0 Å². The molecule has 74 valence electrons. The van der Waals surface area contributed by atoms with Crippen LogP contribution in [0.25, 0.3) is 5.76 Å². The Labute approximate surface area is 83.0 Å². The van der Waals surface area contributed by atoms with Crippen molar-refractivity contribution in [2.75, 3.05) is 0 Å². The van der Waals surface area contributed by atoms with Crippen LogP contribution in [0, 0.1) is 6.92 Å². The number of aliphatic hydroxyl groups excluding tert-OH is 1. The van der Waals surface area contributed by atoms with E-state index >= 15 is 0 Å². The average Bonchev–Trinajstić information content (AvgIpc) is 2.18. The van der Waals surface area contributed by atoms with Gasteiger partial charge in [0.25, 0.3) is 0 Å². The number of nitrogens with zero attached hydrogens (tertiary/aromatic N) is 3. The number of rotatable bonds is 3. The minimum Gasteiger partial charge on any atom is -0.506 e. The van der Waals surface area contributed by atoms with E-state index in [9.17, 15) is 5.11 Å². The standard InChI is InChI=1S/C10H13N3O/c1-4-7(2)5-9(14)10-8(3)13-12-6-11-10/h5-6,14H,2,4H2,1,3H3. The Morgan fingerprint density at radius 2 is 2.36 bits per heavy atom. The fourth-order valence-electron chi connectivity index (χ4n) is 0.952. The summed E-state index contributed by atoms with van der Waals surface area (Å²) in [6, 6.07) is 0. The maximum atomic E-state index is 9.67. The number of hydrogen-bond acceptors (Lipinski definition) is 4. The highest BCUT2D eigenvalue weighted by atomic mass is 16.3. The molecule has 14 heavy (non-hydrogen) atoms. The van der Waals surface area contributed by atoms with Gasteiger partial charge >= 0.3 is 0 Å². The third-order valence-electron chi connectivity index (χ3n) is 1.83. The number of aliphatic hydroxyl groups is 1. The fraction of sp³-hybridized carbons (Fsp3) is 0.300. The largest absolute Gasteiger partial charge is 0.506 e. The Kier molecular flexibility index (Phi) is 3.34. The van der Waals surface area contributed by atoms with Gasteiger partial charge in [-0.15, -0.1) is 5.10 Å². The Morgan fingerprint density at radius 1 is 1.64 bits per heavy atom. The van der Waals surface area contributed by atoms with Gasteiger partial charge in [-0.25, -0.2) is 4.98 Å². The van der Waals surface area contributed by atoms with Crippen molar-refractivity contribution in [1.82, 2.24) is 15.2 Å². The Balaban J connectivity index is 3.00. The van der Waals surface area contributed by atoms with E-state index in [2.05, 4.69) is 21.8 Å². The van der Waals surface area contributed by atoms with Crippen molar-refractivity contribution >= 4 is 5.76 Å².